The van der Waals surface area contributed by atoms with Gasteiger partial charge >= 0.3 is 5.97 Å². The predicted molar refractivity (Wildman–Crippen MR) is 94.1 cm³/mol. The third-order valence-electron chi connectivity index (χ3n) is 3.30. The number of esters is 1. The Bertz CT molecular complexity index is 847. The smallest absolute Gasteiger partial charge is 0.339 e. The highest BCUT2D eigenvalue weighted by Gasteiger charge is 2.16. The van der Waals surface area contributed by atoms with Crippen molar-refractivity contribution < 1.29 is 23.3 Å². The highest BCUT2D eigenvalue weighted by molar-refractivity contribution is 7.84. The number of ketones is 1. The first-order chi connectivity index (χ1) is 11.9. The van der Waals surface area contributed by atoms with Gasteiger partial charge in [0.1, 0.15) is 0 Å². The van der Waals surface area contributed by atoms with E-state index in [1.807, 2.05) is 0 Å². The van der Waals surface area contributed by atoms with Gasteiger partial charge in [-0.25, -0.2) is 4.79 Å². The second kappa shape index (κ2) is 8.34. The minimum Gasteiger partial charge on any atom is -0.452 e. The van der Waals surface area contributed by atoms with Gasteiger partial charge < -0.3 is 10.1 Å². The van der Waals surface area contributed by atoms with E-state index in [0.717, 1.165) is 0 Å². The van der Waals surface area contributed by atoms with Gasteiger partial charge in [0.25, 0.3) is 5.91 Å². The quantitative estimate of drug-likeness (QED) is 0.632. The van der Waals surface area contributed by atoms with Crippen molar-refractivity contribution in [3.05, 3.63) is 59.7 Å². The highest BCUT2D eigenvalue weighted by atomic mass is 32.2. The van der Waals surface area contributed by atoms with Gasteiger partial charge in [-0.15, -0.1) is 0 Å². The van der Waals surface area contributed by atoms with E-state index in [1.165, 1.54) is 25.3 Å². The van der Waals surface area contributed by atoms with Crippen molar-refractivity contribution >= 4 is 34.1 Å². The third kappa shape index (κ3) is 5.09. The summed E-state index contributed by atoms with van der Waals surface area (Å²) in [6, 6.07) is 12.8. The summed E-state index contributed by atoms with van der Waals surface area (Å²) in [5.74, 6) is -1.38. The van der Waals surface area contributed by atoms with E-state index in [2.05, 4.69) is 5.32 Å². The molecular weight excluding hydrogens is 342 g/mol. The van der Waals surface area contributed by atoms with Gasteiger partial charge in [0.15, 0.2) is 12.4 Å². The molecule has 1 N–H and O–H groups in total. The van der Waals surface area contributed by atoms with E-state index in [-0.39, 0.29) is 11.3 Å². The SMILES string of the molecule is CC(=O)c1cccc(NC(=O)COC(=O)c2ccccc2[S@](C)=O)c1. The maximum atomic E-state index is 12.1. The molecule has 0 aromatic heterocycles. The molecule has 2 aromatic carbocycles. The van der Waals surface area contributed by atoms with Crippen LogP contribution in [0.15, 0.2) is 53.4 Å². The lowest BCUT2D eigenvalue weighted by molar-refractivity contribution is -0.119. The maximum absolute atomic E-state index is 12.1. The van der Waals surface area contributed by atoms with Crippen LogP contribution in [0.5, 0.6) is 0 Å². The number of nitrogens with one attached hydrogen (secondary N) is 1. The molecule has 130 valence electrons. The molecule has 0 heterocycles. The van der Waals surface area contributed by atoms with Crippen LogP contribution in [0.1, 0.15) is 27.6 Å². The summed E-state index contributed by atoms with van der Waals surface area (Å²) in [6.45, 7) is 0.936. The summed E-state index contributed by atoms with van der Waals surface area (Å²) in [7, 11) is -1.35. The number of rotatable bonds is 6. The molecule has 0 radical (unpaired) electrons. The average Bonchev–Trinajstić information content (AvgIpc) is 2.59. The van der Waals surface area contributed by atoms with Gasteiger partial charge in [-0.3, -0.25) is 13.8 Å². The number of hydrogen-bond donors (Lipinski definition) is 1. The van der Waals surface area contributed by atoms with Crippen LogP contribution < -0.4 is 5.32 Å². The Kier molecular flexibility index (Phi) is 6.19. The number of ether oxygens (including phenoxy) is 1. The Morgan fingerprint density at radius 3 is 2.48 bits per heavy atom. The normalized spacial score (nSPS) is 11.4. The fourth-order valence-electron chi connectivity index (χ4n) is 2.11. The molecule has 0 saturated heterocycles. The Hall–Kier alpha value is -2.80. The average molecular weight is 359 g/mol. The molecule has 1 atom stereocenters. The van der Waals surface area contributed by atoms with Crippen molar-refractivity contribution in [1.29, 1.82) is 0 Å². The van der Waals surface area contributed by atoms with Gasteiger partial charge in [-0.2, -0.15) is 0 Å². The summed E-state index contributed by atoms with van der Waals surface area (Å²) in [5.41, 5.74) is 1.06. The van der Waals surface area contributed by atoms with Crippen LogP contribution in [0.2, 0.25) is 0 Å². The molecule has 2 aromatic rings. The highest BCUT2D eigenvalue weighted by Crippen LogP contribution is 2.14. The van der Waals surface area contributed by atoms with Crippen molar-refractivity contribution in [1.82, 2.24) is 0 Å². The molecular formula is C18H17NO5S. The number of Topliss-reactive ketones (excluding diaryl/α,β-unsaturated/α-hetero) is 1. The van der Waals surface area contributed by atoms with Gasteiger partial charge in [-0.1, -0.05) is 24.3 Å². The molecule has 1 amide bonds. The predicted octanol–water partition coefficient (Wildman–Crippen LogP) is 2.42. The van der Waals surface area contributed by atoms with E-state index < -0.39 is 29.3 Å². The number of carbonyl (C=O) groups excluding carboxylic acids is 3. The number of benzene rings is 2. The number of hydrogen-bond acceptors (Lipinski definition) is 5. The molecule has 0 unspecified atom stereocenters. The van der Waals surface area contributed by atoms with E-state index in [4.69, 9.17) is 4.74 Å². The van der Waals surface area contributed by atoms with Crippen molar-refractivity contribution in [3.63, 3.8) is 0 Å². The van der Waals surface area contributed by atoms with Crippen LogP contribution in [0.25, 0.3) is 0 Å². The fourth-order valence-corrected chi connectivity index (χ4v) is 2.84. The first-order valence-corrected chi connectivity index (χ1v) is 8.94. The topological polar surface area (TPSA) is 89.5 Å². The monoisotopic (exact) mass is 359 g/mol. The van der Waals surface area contributed by atoms with E-state index in [0.29, 0.717) is 16.1 Å². The van der Waals surface area contributed by atoms with Crippen molar-refractivity contribution in [2.75, 3.05) is 18.2 Å². The molecule has 0 bridgehead atoms. The molecule has 0 spiro atoms. The molecule has 7 heteroatoms. The van der Waals surface area contributed by atoms with Gasteiger partial charge in [0.05, 0.1) is 21.3 Å². The maximum Gasteiger partial charge on any atom is 0.339 e. The van der Waals surface area contributed by atoms with Crippen LogP contribution in [0.4, 0.5) is 5.69 Å². The number of amides is 1. The summed E-state index contributed by atoms with van der Waals surface area (Å²) in [5, 5.41) is 2.55. The van der Waals surface area contributed by atoms with E-state index >= 15 is 0 Å². The lowest BCUT2D eigenvalue weighted by Gasteiger charge is -2.09. The Balaban J connectivity index is 1.98. The van der Waals surface area contributed by atoms with Gasteiger partial charge in [0.2, 0.25) is 0 Å². The Morgan fingerprint density at radius 1 is 1.08 bits per heavy atom. The largest absolute Gasteiger partial charge is 0.452 e. The van der Waals surface area contributed by atoms with Crippen molar-refractivity contribution in [2.45, 2.75) is 11.8 Å². The van der Waals surface area contributed by atoms with Crippen LogP contribution in [0, 0.1) is 0 Å². The zero-order valence-electron chi connectivity index (χ0n) is 13.8. The molecule has 6 nitrogen and oxygen atoms in total. The minimum absolute atomic E-state index is 0.119. The minimum atomic E-state index is -1.35. The molecule has 25 heavy (non-hydrogen) atoms. The number of anilines is 1. The van der Waals surface area contributed by atoms with Crippen LogP contribution in [0.3, 0.4) is 0 Å². The van der Waals surface area contributed by atoms with Gasteiger partial charge in [0, 0.05) is 17.5 Å². The fraction of sp³-hybridized carbons (Fsp3) is 0.167. The molecule has 0 aliphatic carbocycles. The van der Waals surface area contributed by atoms with E-state index in [9.17, 15) is 18.6 Å². The summed E-state index contributed by atoms with van der Waals surface area (Å²) in [4.78, 5) is 35.7. The second-order valence-electron chi connectivity index (χ2n) is 5.21. The van der Waals surface area contributed by atoms with Crippen LogP contribution in [-0.2, 0) is 20.3 Å². The molecule has 0 fully saturated rings. The number of carbonyl (C=O) groups is 3. The van der Waals surface area contributed by atoms with E-state index in [1.54, 1.807) is 36.4 Å². The lowest BCUT2D eigenvalue weighted by Crippen LogP contribution is -2.21. The summed E-state index contributed by atoms with van der Waals surface area (Å²) >= 11 is 0. The van der Waals surface area contributed by atoms with Crippen molar-refractivity contribution in [2.24, 2.45) is 0 Å². The molecule has 0 saturated carbocycles. The summed E-state index contributed by atoms with van der Waals surface area (Å²) in [6.07, 6.45) is 1.46. The molecule has 0 aliphatic heterocycles. The van der Waals surface area contributed by atoms with Crippen LogP contribution >= 0.6 is 0 Å². The molecule has 0 aliphatic rings. The summed E-state index contributed by atoms with van der Waals surface area (Å²) < 4.78 is 16.6. The Morgan fingerprint density at radius 2 is 1.80 bits per heavy atom. The van der Waals surface area contributed by atoms with Crippen molar-refractivity contribution in [3.8, 4) is 0 Å². The van der Waals surface area contributed by atoms with Crippen LogP contribution in [-0.4, -0.2) is 34.7 Å². The Labute approximate surface area is 147 Å². The first kappa shape index (κ1) is 18.5. The van der Waals surface area contributed by atoms with Gasteiger partial charge in [-0.05, 0) is 31.2 Å². The lowest BCUT2D eigenvalue weighted by atomic mass is 10.1. The zero-order chi connectivity index (χ0) is 18.4. The third-order valence-corrected chi connectivity index (χ3v) is 4.28. The molecule has 2 rings (SSSR count). The first-order valence-electron chi connectivity index (χ1n) is 7.39. The zero-order valence-corrected chi connectivity index (χ0v) is 14.6. The standard InChI is InChI=1S/C18H17NO5S/c1-12(20)13-6-5-7-14(10-13)19-17(21)11-24-18(22)15-8-3-4-9-16(15)25(2)23/h3-10H,11H2,1-2H3,(H,19,21)/t25-/m0/s1. The second-order valence-corrected chi connectivity index (χ2v) is 6.56.